The third kappa shape index (κ3) is 2.57. The molecule has 1 aliphatic heterocycles. The molecule has 4 heteroatoms. The first-order chi connectivity index (χ1) is 7.86. The molecule has 0 amide bonds. The Hall–Kier alpha value is -2.36. The number of allylic oxidation sites excluding steroid dienone is 1. The largest absolute Gasteiger partial charge is 0.402 e. The van der Waals surface area contributed by atoms with Crippen LogP contribution in [0.4, 0.5) is 0 Å². The number of ether oxygens (including phenoxy) is 1. The highest BCUT2D eigenvalue weighted by Crippen LogP contribution is 2.07. The Bertz CT molecular complexity index is 461. The molecule has 0 unspecified atom stereocenters. The number of esters is 1. The van der Waals surface area contributed by atoms with Crippen molar-refractivity contribution in [2.24, 2.45) is 4.99 Å². The van der Waals surface area contributed by atoms with Crippen LogP contribution in [-0.4, -0.2) is 12.2 Å². The summed E-state index contributed by atoms with van der Waals surface area (Å²) in [6.07, 6.45) is 6.46. The molecule has 1 N–H and O–H groups in total. The molecular weight excluding hydrogens is 204 g/mol. The Balaban J connectivity index is 2.06. The molecule has 0 radical (unpaired) electrons. The Morgan fingerprint density at radius 1 is 1.25 bits per heavy atom. The lowest BCUT2D eigenvalue weighted by Crippen LogP contribution is -2.05. The number of nitrogens with zero attached hydrogens (tertiary/aromatic N) is 1. The van der Waals surface area contributed by atoms with Crippen molar-refractivity contribution in [1.29, 1.82) is 0 Å². The molecule has 0 aromatic heterocycles. The number of hydrogen-bond acceptors (Lipinski definition) is 4. The molecule has 80 valence electrons. The highest BCUT2D eigenvalue weighted by atomic mass is 16.5. The molecule has 1 aliphatic rings. The molecule has 4 nitrogen and oxygen atoms in total. The monoisotopic (exact) mass is 214 g/mol. The lowest BCUT2D eigenvalue weighted by atomic mass is 10.2. The van der Waals surface area contributed by atoms with Gasteiger partial charge in [0.05, 0.1) is 11.8 Å². The summed E-state index contributed by atoms with van der Waals surface area (Å²) in [6, 6.07) is 8.78. The van der Waals surface area contributed by atoms with Crippen LogP contribution in [0.1, 0.15) is 10.4 Å². The molecule has 0 spiro atoms. The summed E-state index contributed by atoms with van der Waals surface area (Å²) < 4.78 is 5.08. The summed E-state index contributed by atoms with van der Waals surface area (Å²) >= 11 is 0. The number of carbonyl (C=O) groups is 1. The van der Waals surface area contributed by atoms with Gasteiger partial charge in [0.1, 0.15) is 0 Å². The Morgan fingerprint density at radius 2 is 2.06 bits per heavy atom. The van der Waals surface area contributed by atoms with Crippen molar-refractivity contribution in [2.75, 3.05) is 0 Å². The van der Waals surface area contributed by atoms with E-state index in [2.05, 4.69) is 10.3 Å². The minimum atomic E-state index is -0.423. The van der Waals surface area contributed by atoms with Crippen LogP contribution in [0.2, 0.25) is 0 Å². The molecule has 0 saturated heterocycles. The third-order valence-electron chi connectivity index (χ3n) is 1.89. The molecule has 2 rings (SSSR count). The number of rotatable bonds is 2. The van der Waals surface area contributed by atoms with Crippen molar-refractivity contribution in [1.82, 2.24) is 5.32 Å². The van der Waals surface area contributed by atoms with Gasteiger partial charge in [-0.25, -0.2) is 9.79 Å². The van der Waals surface area contributed by atoms with Gasteiger partial charge >= 0.3 is 5.97 Å². The average molecular weight is 214 g/mol. The summed E-state index contributed by atoms with van der Waals surface area (Å²) in [5.74, 6) is -0.188. The van der Waals surface area contributed by atoms with Gasteiger partial charge in [0.15, 0.2) is 0 Å². The zero-order valence-electron chi connectivity index (χ0n) is 8.46. The Kier molecular flexibility index (Phi) is 3.13. The molecule has 0 fully saturated rings. The number of benzene rings is 1. The van der Waals surface area contributed by atoms with E-state index in [4.69, 9.17) is 4.74 Å². The van der Waals surface area contributed by atoms with Crippen LogP contribution < -0.4 is 5.32 Å². The van der Waals surface area contributed by atoms with Crippen LogP contribution in [0.5, 0.6) is 0 Å². The van der Waals surface area contributed by atoms with Gasteiger partial charge in [-0.3, -0.25) is 0 Å². The van der Waals surface area contributed by atoms with Crippen molar-refractivity contribution < 1.29 is 9.53 Å². The number of aliphatic imine (C=N–C) groups is 1. The van der Waals surface area contributed by atoms with E-state index in [1.807, 2.05) is 6.07 Å². The first kappa shape index (κ1) is 10.2. The molecule has 0 saturated carbocycles. The predicted molar refractivity (Wildman–Crippen MR) is 60.7 cm³/mol. The fraction of sp³-hybridized carbons (Fsp3) is 0. The van der Waals surface area contributed by atoms with E-state index >= 15 is 0 Å². The van der Waals surface area contributed by atoms with Gasteiger partial charge in [-0.1, -0.05) is 18.2 Å². The van der Waals surface area contributed by atoms with E-state index in [-0.39, 0.29) is 5.88 Å². The summed E-state index contributed by atoms with van der Waals surface area (Å²) in [7, 11) is 0. The zero-order valence-corrected chi connectivity index (χ0v) is 8.46. The molecule has 1 aromatic rings. The van der Waals surface area contributed by atoms with Gasteiger partial charge in [0, 0.05) is 12.4 Å². The Labute approximate surface area is 93.0 Å². The highest BCUT2D eigenvalue weighted by Gasteiger charge is 2.08. The fourth-order valence-electron chi connectivity index (χ4n) is 1.16. The van der Waals surface area contributed by atoms with Crippen molar-refractivity contribution in [3.63, 3.8) is 0 Å². The first-order valence-electron chi connectivity index (χ1n) is 4.79. The maximum Gasteiger partial charge on any atom is 0.344 e. The fourth-order valence-corrected chi connectivity index (χ4v) is 1.16. The third-order valence-corrected chi connectivity index (χ3v) is 1.89. The SMILES string of the molecule is O=C(OC1=CNC=CC=N1)c1ccccc1. The van der Waals surface area contributed by atoms with Gasteiger partial charge in [-0.2, -0.15) is 0 Å². The Morgan fingerprint density at radius 3 is 2.88 bits per heavy atom. The van der Waals surface area contributed by atoms with E-state index in [9.17, 15) is 4.79 Å². The quantitative estimate of drug-likeness (QED) is 0.764. The van der Waals surface area contributed by atoms with Gasteiger partial charge in [0.2, 0.25) is 5.88 Å². The second kappa shape index (κ2) is 4.93. The van der Waals surface area contributed by atoms with Crippen LogP contribution in [0.3, 0.4) is 0 Å². The predicted octanol–water partition coefficient (Wildman–Crippen LogP) is 1.83. The summed E-state index contributed by atoms with van der Waals surface area (Å²) in [6.45, 7) is 0. The van der Waals surface area contributed by atoms with Crippen LogP contribution in [0.25, 0.3) is 0 Å². The minimum absolute atomic E-state index is 0.235. The topological polar surface area (TPSA) is 50.7 Å². The van der Waals surface area contributed by atoms with Crippen LogP contribution in [-0.2, 0) is 4.74 Å². The lowest BCUT2D eigenvalue weighted by Gasteiger charge is -2.03. The molecule has 1 heterocycles. The maximum absolute atomic E-state index is 11.6. The number of carbonyl (C=O) groups excluding carboxylic acids is 1. The zero-order chi connectivity index (χ0) is 11.2. The molecule has 0 bridgehead atoms. The number of hydrogen-bond donors (Lipinski definition) is 1. The van der Waals surface area contributed by atoms with E-state index in [1.54, 1.807) is 42.8 Å². The van der Waals surface area contributed by atoms with E-state index in [0.29, 0.717) is 5.56 Å². The van der Waals surface area contributed by atoms with Crippen molar-refractivity contribution in [3.8, 4) is 0 Å². The van der Waals surface area contributed by atoms with Gasteiger partial charge in [-0.05, 0) is 18.2 Å². The van der Waals surface area contributed by atoms with Crippen molar-refractivity contribution in [3.05, 3.63) is 60.3 Å². The van der Waals surface area contributed by atoms with Crippen LogP contribution in [0, 0.1) is 0 Å². The summed E-state index contributed by atoms with van der Waals surface area (Å²) in [4.78, 5) is 15.6. The number of nitrogens with one attached hydrogen (secondary N) is 1. The molecule has 16 heavy (non-hydrogen) atoms. The van der Waals surface area contributed by atoms with E-state index < -0.39 is 5.97 Å². The molecule has 1 aromatic carbocycles. The normalized spacial score (nSPS) is 13.6. The van der Waals surface area contributed by atoms with Crippen molar-refractivity contribution >= 4 is 12.2 Å². The van der Waals surface area contributed by atoms with Gasteiger partial charge in [0.25, 0.3) is 0 Å². The van der Waals surface area contributed by atoms with E-state index in [1.165, 1.54) is 6.20 Å². The maximum atomic E-state index is 11.6. The van der Waals surface area contributed by atoms with Crippen LogP contribution >= 0.6 is 0 Å². The summed E-state index contributed by atoms with van der Waals surface area (Å²) in [5, 5.41) is 2.81. The van der Waals surface area contributed by atoms with Gasteiger partial charge in [-0.15, -0.1) is 0 Å². The minimum Gasteiger partial charge on any atom is -0.402 e. The molecule has 0 atom stereocenters. The second-order valence-corrected chi connectivity index (χ2v) is 3.04. The van der Waals surface area contributed by atoms with Crippen molar-refractivity contribution in [2.45, 2.75) is 0 Å². The molecule has 0 aliphatic carbocycles. The summed E-state index contributed by atoms with van der Waals surface area (Å²) in [5.41, 5.74) is 0.496. The average Bonchev–Trinajstić information content (AvgIpc) is 2.59. The molecular formula is C12H10N2O2. The second-order valence-electron chi connectivity index (χ2n) is 3.04. The van der Waals surface area contributed by atoms with Gasteiger partial charge < -0.3 is 10.1 Å². The standard InChI is InChI=1S/C12H10N2O2/c15-12(10-5-2-1-3-6-10)16-11-9-13-7-4-8-14-11/h1-9,13H. The highest BCUT2D eigenvalue weighted by molar-refractivity contribution is 5.90. The first-order valence-corrected chi connectivity index (χ1v) is 4.79. The smallest absolute Gasteiger partial charge is 0.344 e. The van der Waals surface area contributed by atoms with Crippen LogP contribution in [0.15, 0.2) is 59.7 Å². The lowest BCUT2D eigenvalue weighted by molar-refractivity contribution is 0.0621. The van der Waals surface area contributed by atoms with E-state index in [0.717, 1.165) is 0 Å².